The fourth-order valence-corrected chi connectivity index (χ4v) is 3.64. The molecule has 0 aliphatic rings. The zero-order valence-electron chi connectivity index (χ0n) is 21.0. The van der Waals surface area contributed by atoms with Crippen molar-refractivity contribution < 1.29 is 23.7 Å². The molecule has 0 aliphatic carbocycles. The second kappa shape index (κ2) is 11.8. The molecule has 0 atom stereocenters. The summed E-state index contributed by atoms with van der Waals surface area (Å²) in [6, 6.07) is 14.3. The highest BCUT2D eigenvalue weighted by Crippen LogP contribution is 2.32. The molecule has 0 saturated carbocycles. The Kier molecular flexibility index (Phi) is 8.04. The molecule has 2 aromatic heterocycles. The lowest BCUT2D eigenvalue weighted by Crippen LogP contribution is -2.24. The van der Waals surface area contributed by atoms with E-state index in [9.17, 15) is 4.79 Å². The van der Waals surface area contributed by atoms with Gasteiger partial charge in [-0.2, -0.15) is 0 Å². The van der Waals surface area contributed by atoms with Crippen LogP contribution in [0.3, 0.4) is 0 Å². The van der Waals surface area contributed by atoms with Gasteiger partial charge in [0.25, 0.3) is 5.91 Å². The first-order chi connectivity index (χ1) is 18.0. The number of carbonyl (C=O) groups is 1. The van der Waals surface area contributed by atoms with E-state index in [1.54, 1.807) is 81.9 Å². The van der Waals surface area contributed by atoms with Crippen molar-refractivity contribution in [1.82, 2.24) is 25.3 Å². The van der Waals surface area contributed by atoms with Crippen LogP contribution in [0, 0.1) is 0 Å². The number of nitrogens with zero attached hydrogens (tertiary/aromatic N) is 4. The number of benzene rings is 2. The summed E-state index contributed by atoms with van der Waals surface area (Å²) in [5.74, 6) is 2.67. The third kappa shape index (κ3) is 6.26. The predicted octanol–water partition coefficient (Wildman–Crippen LogP) is 3.43. The Morgan fingerprint density at radius 2 is 1.68 bits per heavy atom. The van der Waals surface area contributed by atoms with Crippen molar-refractivity contribution in [1.29, 1.82) is 0 Å². The van der Waals surface area contributed by atoms with Crippen LogP contribution in [-0.4, -0.2) is 54.3 Å². The number of carbonyl (C=O) groups excluding carboxylic acids is 1. The number of rotatable bonds is 11. The van der Waals surface area contributed by atoms with Crippen LogP contribution in [0.5, 0.6) is 23.0 Å². The van der Waals surface area contributed by atoms with Gasteiger partial charge in [0.05, 0.1) is 59.0 Å². The first-order valence-corrected chi connectivity index (χ1v) is 11.4. The lowest BCUT2D eigenvalue weighted by atomic mass is 10.2. The monoisotopic (exact) mass is 504 g/mol. The molecule has 37 heavy (non-hydrogen) atoms. The predicted molar refractivity (Wildman–Crippen MR) is 137 cm³/mol. The Balaban J connectivity index is 1.43. The van der Waals surface area contributed by atoms with Crippen molar-refractivity contribution in [3.05, 3.63) is 77.7 Å². The summed E-state index contributed by atoms with van der Waals surface area (Å²) >= 11 is 0. The summed E-state index contributed by atoms with van der Waals surface area (Å²) in [7, 11) is 6.35. The third-order valence-electron chi connectivity index (χ3n) is 5.48. The Labute approximate surface area is 214 Å². The minimum Gasteiger partial charge on any atom is -0.497 e. The molecule has 4 aromatic rings. The van der Waals surface area contributed by atoms with E-state index in [1.807, 2.05) is 12.1 Å². The molecule has 0 saturated heterocycles. The lowest BCUT2D eigenvalue weighted by molar-refractivity contribution is 0.0951. The average molecular weight is 505 g/mol. The minimum atomic E-state index is -0.315. The molecule has 192 valence electrons. The van der Waals surface area contributed by atoms with Gasteiger partial charge in [-0.3, -0.25) is 4.79 Å². The van der Waals surface area contributed by atoms with Crippen molar-refractivity contribution in [2.45, 2.75) is 13.1 Å². The summed E-state index contributed by atoms with van der Waals surface area (Å²) in [5.41, 5.74) is 2.53. The summed E-state index contributed by atoms with van der Waals surface area (Å²) in [5, 5.41) is 14.4. The Morgan fingerprint density at radius 3 is 2.38 bits per heavy atom. The molecule has 2 N–H and O–H groups in total. The third-order valence-corrected chi connectivity index (χ3v) is 5.48. The molecule has 0 radical (unpaired) electrons. The van der Waals surface area contributed by atoms with Crippen LogP contribution in [0.15, 0.2) is 60.9 Å². The summed E-state index contributed by atoms with van der Waals surface area (Å²) in [6.45, 7) is 0.657. The standard InChI is InChI=1S/C26H28N6O5/c1-34-19-7-8-24(37-4)23(13-19)29-25-22(6-5-9-27-25)26(33)28-14-18-16-32(31-30-18)15-17-10-20(35-2)12-21(11-17)36-3/h5-13,16H,14-15H2,1-4H3,(H,27,29)(H,28,33). The van der Waals surface area contributed by atoms with Crippen molar-refractivity contribution in [2.24, 2.45) is 0 Å². The smallest absolute Gasteiger partial charge is 0.255 e. The molecule has 4 rings (SSSR count). The summed E-state index contributed by atoms with van der Waals surface area (Å²) in [4.78, 5) is 17.4. The van der Waals surface area contributed by atoms with E-state index in [1.165, 1.54) is 0 Å². The summed E-state index contributed by atoms with van der Waals surface area (Å²) < 4.78 is 23.0. The molecule has 0 fully saturated rings. The summed E-state index contributed by atoms with van der Waals surface area (Å²) in [6.07, 6.45) is 3.38. The largest absolute Gasteiger partial charge is 0.497 e. The molecule has 0 unspecified atom stereocenters. The maximum absolute atomic E-state index is 13.0. The number of methoxy groups -OCH3 is 4. The van der Waals surface area contributed by atoms with Crippen LogP contribution in [0.1, 0.15) is 21.6 Å². The van der Waals surface area contributed by atoms with Crippen LogP contribution in [0.4, 0.5) is 11.5 Å². The second-order valence-corrected chi connectivity index (χ2v) is 7.90. The van der Waals surface area contributed by atoms with Gasteiger partial charge >= 0.3 is 0 Å². The van der Waals surface area contributed by atoms with Gasteiger partial charge in [-0.25, -0.2) is 9.67 Å². The molecule has 0 aliphatic heterocycles. The van der Waals surface area contributed by atoms with Crippen LogP contribution in [0.2, 0.25) is 0 Å². The molecule has 11 nitrogen and oxygen atoms in total. The van der Waals surface area contributed by atoms with E-state index in [0.29, 0.717) is 52.3 Å². The van der Waals surface area contributed by atoms with Crippen molar-refractivity contribution in [3.8, 4) is 23.0 Å². The SMILES string of the molecule is COc1cc(Cn2cc(CNC(=O)c3cccnc3Nc3cc(OC)ccc3OC)nn2)cc(OC)c1. The zero-order valence-corrected chi connectivity index (χ0v) is 21.0. The highest BCUT2D eigenvalue weighted by Gasteiger charge is 2.15. The van der Waals surface area contributed by atoms with Crippen molar-refractivity contribution >= 4 is 17.4 Å². The molecule has 0 bridgehead atoms. The number of pyridine rings is 1. The average Bonchev–Trinajstić information content (AvgIpc) is 3.38. The van der Waals surface area contributed by atoms with E-state index in [-0.39, 0.29) is 12.5 Å². The highest BCUT2D eigenvalue weighted by molar-refractivity contribution is 5.99. The maximum Gasteiger partial charge on any atom is 0.255 e. The van der Waals surface area contributed by atoms with Gasteiger partial charge in [-0.05, 0) is 42.0 Å². The second-order valence-electron chi connectivity index (χ2n) is 7.90. The Morgan fingerprint density at radius 1 is 0.919 bits per heavy atom. The van der Waals surface area contributed by atoms with Gasteiger partial charge in [0.15, 0.2) is 0 Å². The van der Waals surface area contributed by atoms with Crippen LogP contribution in [-0.2, 0) is 13.1 Å². The number of ether oxygens (including phenoxy) is 4. The minimum absolute atomic E-state index is 0.192. The number of hydrogen-bond donors (Lipinski definition) is 2. The number of nitrogens with one attached hydrogen (secondary N) is 2. The van der Waals surface area contributed by atoms with E-state index in [4.69, 9.17) is 18.9 Å². The van der Waals surface area contributed by atoms with Crippen LogP contribution < -0.4 is 29.6 Å². The normalized spacial score (nSPS) is 10.5. The molecule has 1 amide bonds. The zero-order chi connectivity index (χ0) is 26.2. The first-order valence-electron chi connectivity index (χ1n) is 11.4. The van der Waals surface area contributed by atoms with Gasteiger partial charge in [0.2, 0.25) is 0 Å². The maximum atomic E-state index is 13.0. The molecular formula is C26H28N6O5. The highest BCUT2D eigenvalue weighted by atomic mass is 16.5. The van der Waals surface area contributed by atoms with Crippen LogP contribution >= 0.6 is 0 Å². The number of hydrogen-bond acceptors (Lipinski definition) is 9. The van der Waals surface area contributed by atoms with Gasteiger partial charge < -0.3 is 29.6 Å². The number of aromatic nitrogens is 4. The Bertz CT molecular complexity index is 1350. The van der Waals surface area contributed by atoms with Crippen molar-refractivity contribution in [3.63, 3.8) is 0 Å². The molecule has 2 aromatic carbocycles. The number of anilines is 2. The van der Waals surface area contributed by atoms with E-state index >= 15 is 0 Å². The topological polar surface area (TPSA) is 122 Å². The van der Waals surface area contributed by atoms with Gasteiger partial charge in [0, 0.05) is 18.3 Å². The van der Waals surface area contributed by atoms with Crippen LogP contribution in [0.25, 0.3) is 0 Å². The fourth-order valence-electron chi connectivity index (χ4n) is 3.64. The van der Waals surface area contributed by atoms with Crippen molar-refractivity contribution in [2.75, 3.05) is 33.8 Å². The molecule has 0 spiro atoms. The van der Waals surface area contributed by atoms with E-state index in [0.717, 1.165) is 5.56 Å². The number of amides is 1. The lowest BCUT2D eigenvalue weighted by Gasteiger charge is -2.14. The van der Waals surface area contributed by atoms with E-state index < -0.39 is 0 Å². The molecule has 11 heteroatoms. The first kappa shape index (κ1) is 25.3. The molecule has 2 heterocycles. The van der Waals surface area contributed by atoms with E-state index in [2.05, 4.69) is 25.9 Å². The van der Waals surface area contributed by atoms with Gasteiger partial charge in [-0.1, -0.05) is 5.21 Å². The fraction of sp³-hybridized carbons (Fsp3) is 0.231. The Hall–Kier alpha value is -4.80. The quantitative estimate of drug-likeness (QED) is 0.316. The van der Waals surface area contributed by atoms with Gasteiger partial charge in [-0.15, -0.1) is 5.10 Å². The molecular weight excluding hydrogens is 476 g/mol. The van der Waals surface area contributed by atoms with Gasteiger partial charge in [0.1, 0.15) is 34.5 Å².